The second-order valence-electron chi connectivity index (χ2n) is 4.34. The van der Waals surface area contributed by atoms with Crippen LogP contribution in [-0.4, -0.2) is 32.7 Å². The van der Waals surface area contributed by atoms with E-state index in [0.29, 0.717) is 25.3 Å². The molecular formula is C14H17N3O3. The lowest BCUT2D eigenvalue weighted by molar-refractivity contribution is -0.136. The molecule has 1 aromatic heterocycles. The summed E-state index contributed by atoms with van der Waals surface area (Å²) in [6, 6.07) is 7.76. The van der Waals surface area contributed by atoms with Crippen LogP contribution in [0, 0.1) is 0 Å². The first-order valence-electron chi connectivity index (χ1n) is 6.50. The number of carbonyl (C=O) groups is 1. The number of hydrogen-bond acceptors (Lipinski definition) is 4. The standard InChI is InChI=1S/C14H17N3O3/c1-2-20-13-6-4-3-5-11(13)9-17-10-12(15-16-17)7-8-14(18)19/h3-6,10H,2,7-9H2,1H3,(H,18,19). The minimum Gasteiger partial charge on any atom is -0.494 e. The maximum absolute atomic E-state index is 10.5. The lowest BCUT2D eigenvalue weighted by Crippen LogP contribution is -2.03. The van der Waals surface area contributed by atoms with E-state index in [0.717, 1.165) is 11.3 Å². The van der Waals surface area contributed by atoms with E-state index in [1.165, 1.54) is 0 Å². The van der Waals surface area contributed by atoms with E-state index in [4.69, 9.17) is 9.84 Å². The van der Waals surface area contributed by atoms with Crippen LogP contribution in [0.3, 0.4) is 0 Å². The highest BCUT2D eigenvalue weighted by Crippen LogP contribution is 2.18. The molecule has 106 valence electrons. The van der Waals surface area contributed by atoms with Gasteiger partial charge in [-0.25, -0.2) is 4.68 Å². The molecule has 0 aliphatic rings. The van der Waals surface area contributed by atoms with Crippen LogP contribution in [0.1, 0.15) is 24.6 Å². The van der Waals surface area contributed by atoms with Gasteiger partial charge in [0.25, 0.3) is 0 Å². The number of carboxylic acids is 1. The number of aliphatic carboxylic acids is 1. The van der Waals surface area contributed by atoms with E-state index in [1.807, 2.05) is 31.2 Å². The van der Waals surface area contributed by atoms with E-state index >= 15 is 0 Å². The molecule has 0 atom stereocenters. The number of nitrogens with zero attached hydrogens (tertiary/aromatic N) is 3. The summed E-state index contributed by atoms with van der Waals surface area (Å²) in [6.07, 6.45) is 2.22. The zero-order chi connectivity index (χ0) is 14.4. The molecule has 1 aromatic carbocycles. The third kappa shape index (κ3) is 3.81. The van der Waals surface area contributed by atoms with Crippen molar-refractivity contribution >= 4 is 5.97 Å². The van der Waals surface area contributed by atoms with Gasteiger partial charge in [-0.2, -0.15) is 0 Å². The third-order valence-electron chi connectivity index (χ3n) is 2.79. The van der Waals surface area contributed by atoms with Crippen molar-refractivity contribution in [1.82, 2.24) is 15.0 Å². The van der Waals surface area contributed by atoms with E-state index in [9.17, 15) is 4.79 Å². The number of benzene rings is 1. The summed E-state index contributed by atoms with van der Waals surface area (Å²) in [4.78, 5) is 10.5. The molecule has 6 heteroatoms. The summed E-state index contributed by atoms with van der Waals surface area (Å²) in [5.74, 6) is -0.00109. The van der Waals surface area contributed by atoms with Crippen molar-refractivity contribution in [1.29, 1.82) is 0 Å². The number of ether oxygens (including phenoxy) is 1. The average molecular weight is 275 g/mol. The zero-order valence-corrected chi connectivity index (χ0v) is 11.3. The number of hydrogen-bond donors (Lipinski definition) is 1. The van der Waals surface area contributed by atoms with Crippen molar-refractivity contribution in [3.05, 3.63) is 41.7 Å². The van der Waals surface area contributed by atoms with Crippen molar-refractivity contribution in [2.24, 2.45) is 0 Å². The number of aromatic nitrogens is 3. The van der Waals surface area contributed by atoms with Crippen LogP contribution in [0.15, 0.2) is 30.5 Å². The maximum Gasteiger partial charge on any atom is 0.303 e. The molecule has 0 aliphatic heterocycles. The molecular weight excluding hydrogens is 258 g/mol. The number of carboxylic acid groups (broad SMARTS) is 1. The first kappa shape index (κ1) is 14.0. The highest BCUT2D eigenvalue weighted by atomic mass is 16.5. The fraction of sp³-hybridized carbons (Fsp3) is 0.357. The minimum absolute atomic E-state index is 0.0637. The Kier molecular flexibility index (Phi) is 4.70. The molecule has 0 bridgehead atoms. The molecule has 6 nitrogen and oxygen atoms in total. The second-order valence-corrected chi connectivity index (χ2v) is 4.34. The van der Waals surface area contributed by atoms with Crippen LogP contribution in [0.5, 0.6) is 5.75 Å². The SMILES string of the molecule is CCOc1ccccc1Cn1cc(CCC(=O)O)nn1. The fourth-order valence-electron chi connectivity index (χ4n) is 1.87. The lowest BCUT2D eigenvalue weighted by Gasteiger charge is -2.09. The van der Waals surface area contributed by atoms with Crippen LogP contribution in [0.4, 0.5) is 0 Å². The summed E-state index contributed by atoms with van der Waals surface area (Å²) < 4.78 is 7.25. The Hall–Kier alpha value is -2.37. The fourth-order valence-corrected chi connectivity index (χ4v) is 1.87. The number of para-hydroxylation sites is 1. The molecule has 0 unspecified atom stereocenters. The Labute approximate surface area is 117 Å². The molecule has 0 radical (unpaired) electrons. The van der Waals surface area contributed by atoms with Crippen LogP contribution in [0.2, 0.25) is 0 Å². The zero-order valence-electron chi connectivity index (χ0n) is 11.3. The van der Waals surface area contributed by atoms with Gasteiger partial charge in [-0.3, -0.25) is 4.79 Å². The predicted molar refractivity (Wildman–Crippen MR) is 72.7 cm³/mol. The number of rotatable bonds is 7. The molecule has 0 fully saturated rings. The van der Waals surface area contributed by atoms with Crippen molar-refractivity contribution < 1.29 is 14.6 Å². The van der Waals surface area contributed by atoms with Crippen molar-refractivity contribution in [3.63, 3.8) is 0 Å². The molecule has 0 spiro atoms. The van der Waals surface area contributed by atoms with Gasteiger partial charge < -0.3 is 9.84 Å². The Bertz CT molecular complexity index is 581. The van der Waals surface area contributed by atoms with Crippen LogP contribution in [0.25, 0.3) is 0 Å². The minimum atomic E-state index is -0.832. The summed E-state index contributed by atoms with van der Waals surface area (Å²) in [5.41, 5.74) is 1.70. The summed E-state index contributed by atoms with van der Waals surface area (Å²) in [5, 5.41) is 16.6. The Morgan fingerprint density at radius 2 is 2.20 bits per heavy atom. The second kappa shape index (κ2) is 6.70. The van der Waals surface area contributed by atoms with Gasteiger partial charge in [0.2, 0.25) is 0 Å². The van der Waals surface area contributed by atoms with Crippen LogP contribution in [-0.2, 0) is 17.8 Å². The maximum atomic E-state index is 10.5. The van der Waals surface area contributed by atoms with Gasteiger partial charge in [-0.05, 0) is 13.0 Å². The highest BCUT2D eigenvalue weighted by Gasteiger charge is 2.07. The van der Waals surface area contributed by atoms with E-state index in [2.05, 4.69) is 10.3 Å². The molecule has 0 aliphatic carbocycles. The van der Waals surface area contributed by atoms with Gasteiger partial charge in [-0.1, -0.05) is 23.4 Å². The summed E-state index contributed by atoms with van der Waals surface area (Å²) in [7, 11) is 0. The molecule has 1 N–H and O–H groups in total. The third-order valence-corrected chi connectivity index (χ3v) is 2.79. The lowest BCUT2D eigenvalue weighted by atomic mass is 10.2. The van der Waals surface area contributed by atoms with Gasteiger partial charge in [0.05, 0.1) is 25.3 Å². The molecule has 20 heavy (non-hydrogen) atoms. The quantitative estimate of drug-likeness (QED) is 0.832. The largest absolute Gasteiger partial charge is 0.494 e. The van der Waals surface area contributed by atoms with Crippen molar-refractivity contribution in [2.45, 2.75) is 26.3 Å². The monoisotopic (exact) mass is 275 g/mol. The molecule has 0 saturated carbocycles. The van der Waals surface area contributed by atoms with E-state index in [-0.39, 0.29) is 6.42 Å². The molecule has 1 heterocycles. The topological polar surface area (TPSA) is 77.2 Å². The van der Waals surface area contributed by atoms with Gasteiger partial charge in [-0.15, -0.1) is 5.10 Å². The summed E-state index contributed by atoms with van der Waals surface area (Å²) >= 11 is 0. The first-order valence-corrected chi connectivity index (χ1v) is 6.50. The van der Waals surface area contributed by atoms with Crippen molar-refractivity contribution in [3.8, 4) is 5.75 Å². The van der Waals surface area contributed by atoms with E-state index < -0.39 is 5.97 Å². The van der Waals surface area contributed by atoms with Gasteiger partial charge in [0, 0.05) is 18.2 Å². The Balaban J connectivity index is 2.05. The summed E-state index contributed by atoms with van der Waals surface area (Å²) in [6.45, 7) is 3.10. The molecule has 2 rings (SSSR count). The average Bonchev–Trinajstić information content (AvgIpc) is 2.87. The first-order chi connectivity index (χ1) is 9.69. The van der Waals surface area contributed by atoms with Crippen LogP contribution < -0.4 is 4.74 Å². The Morgan fingerprint density at radius 1 is 1.40 bits per heavy atom. The molecule has 2 aromatic rings. The smallest absolute Gasteiger partial charge is 0.303 e. The molecule has 0 saturated heterocycles. The van der Waals surface area contributed by atoms with Crippen molar-refractivity contribution in [2.75, 3.05) is 6.61 Å². The van der Waals surface area contributed by atoms with E-state index in [1.54, 1.807) is 10.9 Å². The normalized spacial score (nSPS) is 10.4. The molecule has 0 amide bonds. The van der Waals surface area contributed by atoms with Gasteiger partial charge in [0.15, 0.2) is 0 Å². The van der Waals surface area contributed by atoms with Gasteiger partial charge >= 0.3 is 5.97 Å². The Morgan fingerprint density at radius 3 is 2.95 bits per heavy atom. The van der Waals surface area contributed by atoms with Crippen LogP contribution >= 0.6 is 0 Å². The highest BCUT2D eigenvalue weighted by molar-refractivity contribution is 5.66. The van der Waals surface area contributed by atoms with Gasteiger partial charge in [0.1, 0.15) is 5.75 Å². The number of aryl methyl sites for hydroxylation is 1. The predicted octanol–water partition coefficient (Wildman–Crippen LogP) is 1.74.